The second kappa shape index (κ2) is 9.63. The van der Waals surface area contributed by atoms with Crippen LogP contribution in [0, 0.1) is 17.7 Å². The van der Waals surface area contributed by atoms with Gasteiger partial charge in [0.1, 0.15) is 12.4 Å². The largest absolute Gasteiger partial charge is 0.324 e. The lowest BCUT2D eigenvalue weighted by Crippen LogP contribution is -2.43. The van der Waals surface area contributed by atoms with Crippen LogP contribution >= 0.6 is 0 Å². The molecule has 31 heavy (non-hydrogen) atoms. The molecule has 1 aliphatic heterocycles. The predicted octanol–water partition coefficient (Wildman–Crippen LogP) is 5.69. The van der Waals surface area contributed by atoms with Crippen molar-refractivity contribution in [3.63, 3.8) is 0 Å². The van der Waals surface area contributed by atoms with Crippen LogP contribution in [0.1, 0.15) is 69.0 Å². The van der Waals surface area contributed by atoms with E-state index in [0.29, 0.717) is 17.2 Å². The SMILES string of the molecule is CCCCC1CCC(C(=O)N2CC(=O)Nc3ccc(F)cc3C2c2ccccc2)CC1. The quantitative estimate of drug-likeness (QED) is 0.673. The summed E-state index contributed by atoms with van der Waals surface area (Å²) in [6.07, 6.45) is 7.55. The highest BCUT2D eigenvalue weighted by Crippen LogP contribution is 2.39. The molecule has 1 heterocycles. The Labute approximate surface area is 183 Å². The minimum absolute atomic E-state index is 0.00931. The molecule has 2 aromatic carbocycles. The Bertz CT molecular complexity index is 922. The highest BCUT2D eigenvalue weighted by Gasteiger charge is 2.37. The molecule has 1 aliphatic carbocycles. The van der Waals surface area contributed by atoms with Gasteiger partial charge in [-0.1, -0.05) is 56.5 Å². The number of hydrogen-bond acceptors (Lipinski definition) is 2. The van der Waals surface area contributed by atoms with Crippen molar-refractivity contribution in [3.05, 3.63) is 65.5 Å². The lowest BCUT2D eigenvalue weighted by Gasteiger charge is -2.36. The summed E-state index contributed by atoms with van der Waals surface area (Å²) in [7, 11) is 0. The Morgan fingerprint density at radius 3 is 2.55 bits per heavy atom. The van der Waals surface area contributed by atoms with Gasteiger partial charge in [-0.2, -0.15) is 0 Å². The number of nitrogens with zero attached hydrogens (tertiary/aromatic N) is 1. The van der Waals surface area contributed by atoms with Crippen LogP contribution in [0.3, 0.4) is 0 Å². The first-order chi connectivity index (χ1) is 15.1. The van der Waals surface area contributed by atoms with E-state index in [1.165, 1.54) is 31.4 Å². The molecule has 4 nitrogen and oxygen atoms in total. The summed E-state index contributed by atoms with van der Waals surface area (Å²) in [5.74, 6) is 0.0224. The van der Waals surface area contributed by atoms with Crippen LogP contribution in [0.5, 0.6) is 0 Å². The number of nitrogens with one attached hydrogen (secondary N) is 1. The Hall–Kier alpha value is -2.69. The van der Waals surface area contributed by atoms with Crippen LogP contribution in [0.4, 0.5) is 10.1 Å². The first-order valence-corrected chi connectivity index (χ1v) is 11.5. The molecule has 2 aromatic rings. The fourth-order valence-corrected chi connectivity index (χ4v) is 5.10. The molecule has 1 saturated carbocycles. The van der Waals surface area contributed by atoms with E-state index >= 15 is 0 Å². The van der Waals surface area contributed by atoms with E-state index in [1.54, 1.807) is 11.0 Å². The third-order valence-electron chi connectivity index (χ3n) is 6.77. The Balaban J connectivity index is 1.64. The number of carbonyl (C=O) groups excluding carboxylic acids is 2. The Kier molecular flexibility index (Phi) is 6.69. The molecule has 0 radical (unpaired) electrons. The van der Waals surface area contributed by atoms with E-state index in [1.807, 2.05) is 30.3 Å². The van der Waals surface area contributed by atoms with Crippen molar-refractivity contribution < 1.29 is 14.0 Å². The molecular formula is C26H31FN2O2. The minimum atomic E-state index is -0.490. The third-order valence-corrected chi connectivity index (χ3v) is 6.77. The molecule has 0 aromatic heterocycles. The van der Waals surface area contributed by atoms with E-state index in [0.717, 1.165) is 31.2 Å². The van der Waals surface area contributed by atoms with Crippen LogP contribution in [0.2, 0.25) is 0 Å². The standard InChI is InChI=1S/C26H31FN2O2/c1-2-3-7-18-10-12-20(13-11-18)26(31)29-17-24(30)28-23-15-14-21(27)16-22(23)25(29)19-8-5-4-6-9-19/h4-6,8-9,14-16,18,20,25H,2-3,7,10-13,17H2,1H3,(H,28,30). The summed E-state index contributed by atoms with van der Waals surface area (Å²) in [6, 6.07) is 13.5. The van der Waals surface area contributed by atoms with E-state index in [9.17, 15) is 14.0 Å². The summed E-state index contributed by atoms with van der Waals surface area (Å²) >= 11 is 0. The number of halogens is 1. The fourth-order valence-electron chi connectivity index (χ4n) is 5.10. The van der Waals surface area contributed by atoms with Crippen LogP contribution < -0.4 is 5.32 Å². The smallest absolute Gasteiger partial charge is 0.244 e. The van der Waals surface area contributed by atoms with Gasteiger partial charge in [0.2, 0.25) is 11.8 Å². The van der Waals surface area contributed by atoms with Gasteiger partial charge in [-0.05, 0) is 55.4 Å². The first kappa shape index (κ1) is 21.5. The zero-order chi connectivity index (χ0) is 21.8. The fraction of sp³-hybridized carbons (Fsp3) is 0.462. The third kappa shape index (κ3) is 4.81. The van der Waals surface area contributed by atoms with Crippen molar-refractivity contribution in [1.29, 1.82) is 0 Å². The average Bonchev–Trinajstić information content (AvgIpc) is 2.93. The number of benzene rings is 2. The lowest BCUT2D eigenvalue weighted by molar-refractivity contribution is -0.141. The van der Waals surface area contributed by atoms with Gasteiger partial charge in [-0.25, -0.2) is 4.39 Å². The number of carbonyl (C=O) groups is 2. The number of fused-ring (bicyclic) bond motifs is 1. The van der Waals surface area contributed by atoms with Gasteiger partial charge in [-0.15, -0.1) is 0 Å². The maximum Gasteiger partial charge on any atom is 0.244 e. The van der Waals surface area contributed by atoms with Crippen molar-refractivity contribution >= 4 is 17.5 Å². The summed E-state index contributed by atoms with van der Waals surface area (Å²) in [6.45, 7) is 2.19. The van der Waals surface area contributed by atoms with Gasteiger partial charge in [-0.3, -0.25) is 9.59 Å². The van der Waals surface area contributed by atoms with E-state index < -0.39 is 6.04 Å². The summed E-state index contributed by atoms with van der Waals surface area (Å²) in [5, 5.41) is 2.87. The van der Waals surface area contributed by atoms with Gasteiger partial charge in [0.05, 0.1) is 6.04 Å². The zero-order valence-corrected chi connectivity index (χ0v) is 18.1. The number of unbranched alkanes of at least 4 members (excludes halogenated alkanes) is 1. The normalized spacial score (nSPS) is 23.6. The number of amides is 2. The average molecular weight is 423 g/mol. The monoisotopic (exact) mass is 422 g/mol. The molecule has 1 atom stereocenters. The molecule has 5 heteroatoms. The van der Waals surface area contributed by atoms with Crippen LogP contribution in [0.15, 0.2) is 48.5 Å². The van der Waals surface area contributed by atoms with Crippen molar-refractivity contribution in [1.82, 2.24) is 4.90 Å². The Morgan fingerprint density at radius 1 is 1.10 bits per heavy atom. The summed E-state index contributed by atoms with van der Waals surface area (Å²) < 4.78 is 14.2. The van der Waals surface area contributed by atoms with Gasteiger partial charge in [0.25, 0.3) is 0 Å². The molecule has 1 N–H and O–H groups in total. The molecule has 1 unspecified atom stereocenters. The molecule has 2 aliphatic rings. The summed E-state index contributed by atoms with van der Waals surface area (Å²) in [5.41, 5.74) is 2.08. The molecule has 4 rings (SSSR count). The van der Waals surface area contributed by atoms with Crippen molar-refractivity contribution in [3.8, 4) is 0 Å². The van der Waals surface area contributed by atoms with Gasteiger partial charge in [0, 0.05) is 17.2 Å². The first-order valence-electron chi connectivity index (χ1n) is 11.5. The van der Waals surface area contributed by atoms with Gasteiger partial charge in [0.15, 0.2) is 0 Å². The maximum absolute atomic E-state index is 14.2. The molecule has 164 valence electrons. The molecule has 0 spiro atoms. The predicted molar refractivity (Wildman–Crippen MR) is 120 cm³/mol. The van der Waals surface area contributed by atoms with E-state index in [4.69, 9.17) is 0 Å². The maximum atomic E-state index is 14.2. The van der Waals surface area contributed by atoms with Crippen LogP contribution in [0.25, 0.3) is 0 Å². The second-order valence-electron chi connectivity index (χ2n) is 8.92. The molecule has 1 fully saturated rings. The number of anilines is 1. The number of rotatable bonds is 5. The highest BCUT2D eigenvalue weighted by atomic mass is 19.1. The molecule has 0 saturated heterocycles. The van der Waals surface area contributed by atoms with Crippen molar-refractivity contribution in [2.24, 2.45) is 11.8 Å². The zero-order valence-electron chi connectivity index (χ0n) is 18.1. The second-order valence-corrected chi connectivity index (χ2v) is 8.92. The highest BCUT2D eigenvalue weighted by molar-refractivity contribution is 5.97. The van der Waals surface area contributed by atoms with Crippen LogP contribution in [-0.2, 0) is 9.59 Å². The van der Waals surface area contributed by atoms with Crippen molar-refractivity contribution in [2.75, 3.05) is 11.9 Å². The molecular weight excluding hydrogens is 391 g/mol. The van der Waals surface area contributed by atoms with Crippen LogP contribution in [-0.4, -0.2) is 23.3 Å². The number of hydrogen-bond donors (Lipinski definition) is 1. The molecule has 0 bridgehead atoms. The Morgan fingerprint density at radius 2 is 1.84 bits per heavy atom. The van der Waals surface area contributed by atoms with E-state index in [2.05, 4.69) is 12.2 Å². The van der Waals surface area contributed by atoms with Crippen molar-refractivity contribution in [2.45, 2.75) is 57.9 Å². The van der Waals surface area contributed by atoms with Gasteiger partial charge >= 0.3 is 0 Å². The van der Waals surface area contributed by atoms with Gasteiger partial charge < -0.3 is 10.2 Å². The molecule has 2 amide bonds. The minimum Gasteiger partial charge on any atom is -0.324 e. The summed E-state index contributed by atoms with van der Waals surface area (Å²) in [4.78, 5) is 28.1. The topological polar surface area (TPSA) is 49.4 Å². The van der Waals surface area contributed by atoms with E-state index in [-0.39, 0.29) is 30.1 Å². The lowest BCUT2D eigenvalue weighted by atomic mass is 9.79.